The van der Waals surface area contributed by atoms with Crippen molar-refractivity contribution in [1.82, 2.24) is 5.32 Å². The number of piperidine rings is 1. The number of alkyl halides is 2. The molecule has 0 aromatic rings. The molecule has 0 aromatic heterocycles. The van der Waals surface area contributed by atoms with Crippen molar-refractivity contribution < 1.29 is 13.5 Å². The van der Waals surface area contributed by atoms with Gasteiger partial charge in [0.25, 0.3) is 6.43 Å². The lowest BCUT2D eigenvalue weighted by molar-refractivity contribution is -0.0529. The van der Waals surface area contributed by atoms with E-state index in [1.54, 1.807) is 0 Å². The van der Waals surface area contributed by atoms with Crippen LogP contribution in [0.1, 0.15) is 13.3 Å². The Morgan fingerprint density at radius 3 is 2.92 bits per heavy atom. The van der Waals surface area contributed by atoms with Gasteiger partial charge in [0.2, 0.25) is 0 Å². The summed E-state index contributed by atoms with van der Waals surface area (Å²) in [6.45, 7) is 3.34. The van der Waals surface area contributed by atoms with Crippen molar-refractivity contribution in [3.8, 4) is 0 Å². The van der Waals surface area contributed by atoms with Crippen molar-refractivity contribution in [2.75, 3.05) is 19.7 Å². The average Bonchev–Trinajstić information content (AvgIpc) is 2.03. The van der Waals surface area contributed by atoms with Gasteiger partial charge in [0.15, 0.2) is 0 Å². The molecule has 0 radical (unpaired) electrons. The first-order valence-corrected chi connectivity index (χ1v) is 4.30. The molecule has 1 fully saturated rings. The van der Waals surface area contributed by atoms with E-state index in [9.17, 15) is 8.78 Å². The maximum atomic E-state index is 11.8. The van der Waals surface area contributed by atoms with E-state index in [4.69, 9.17) is 4.74 Å². The summed E-state index contributed by atoms with van der Waals surface area (Å²) in [5.41, 5.74) is 0. The van der Waals surface area contributed by atoms with E-state index < -0.39 is 13.0 Å². The molecule has 0 aliphatic carbocycles. The number of ether oxygens (including phenoxy) is 1. The highest BCUT2D eigenvalue weighted by Gasteiger charge is 2.22. The second-order valence-electron chi connectivity index (χ2n) is 3.23. The van der Waals surface area contributed by atoms with Crippen LogP contribution in [0.25, 0.3) is 0 Å². The highest BCUT2D eigenvalue weighted by Crippen LogP contribution is 2.14. The summed E-state index contributed by atoms with van der Waals surface area (Å²) in [4.78, 5) is 0. The van der Waals surface area contributed by atoms with Crippen LogP contribution in [0, 0.1) is 5.92 Å². The van der Waals surface area contributed by atoms with Gasteiger partial charge in [0.1, 0.15) is 6.61 Å². The molecule has 1 aliphatic rings. The van der Waals surface area contributed by atoms with Gasteiger partial charge in [0, 0.05) is 6.54 Å². The smallest absolute Gasteiger partial charge is 0.261 e. The van der Waals surface area contributed by atoms with Gasteiger partial charge in [0.05, 0.1) is 6.10 Å². The Labute approximate surface area is 71.3 Å². The lowest BCUT2D eigenvalue weighted by atomic mass is 9.98. The number of rotatable bonds is 3. The minimum absolute atomic E-state index is 0.0141. The first-order valence-electron chi connectivity index (χ1n) is 4.30. The van der Waals surface area contributed by atoms with E-state index in [1.807, 2.05) is 6.92 Å². The largest absolute Gasteiger partial charge is 0.372 e. The monoisotopic (exact) mass is 179 g/mol. The van der Waals surface area contributed by atoms with E-state index in [0.29, 0.717) is 5.92 Å². The summed E-state index contributed by atoms with van der Waals surface area (Å²) in [5.74, 6) is 0.345. The van der Waals surface area contributed by atoms with Gasteiger partial charge in [-0.1, -0.05) is 6.92 Å². The zero-order valence-corrected chi connectivity index (χ0v) is 7.22. The van der Waals surface area contributed by atoms with Crippen molar-refractivity contribution in [2.45, 2.75) is 25.9 Å². The molecule has 1 N–H and O–H groups in total. The molecule has 0 aromatic carbocycles. The number of hydrogen-bond donors (Lipinski definition) is 1. The summed E-state index contributed by atoms with van der Waals surface area (Å²) in [7, 11) is 0. The quantitative estimate of drug-likeness (QED) is 0.704. The van der Waals surface area contributed by atoms with Crippen LogP contribution in [-0.2, 0) is 4.74 Å². The zero-order valence-electron chi connectivity index (χ0n) is 7.22. The highest BCUT2D eigenvalue weighted by molar-refractivity contribution is 4.75. The molecule has 12 heavy (non-hydrogen) atoms. The topological polar surface area (TPSA) is 21.3 Å². The summed E-state index contributed by atoms with van der Waals surface area (Å²) in [6, 6.07) is 0. The minimum Gasteiger partial charge on any atom is -0.372 e. The molecule has 1 heterocycles. The normalized spacial score (nSPS) is 31.0. The third kappa shape index (κ3) is 3.03. The molecule has 0 amide bonds. The standard InChI is InChI=1S/C8H15F2NO/c1-6-4-11-3-2-7(6)12-5-8(9)10/h6-8,11H,2-5H2,1H3. The molecule has 1 rings (SSSR count). The van der Waals surface area contributed by atoms with Crippen LogP contribution in [0.15, 0.2) is 0 Å². The fraction of sp³-hybridized carbons (Fsp3) is 1.00. The highest BCUT2D eigenvalue weighted by atomic mass is 19.3. The average molecular weight is 179 g/mol. The molecule has 1 aliphatic heterocycles. The van der Waals surface area contributed by atoms with Crippen LogP contribution < -0.4 is 5.32 Å². The minimum atomic E-state index is -2.34. The third-order valence-electron chi connectivity index (χ3n) is 2.14. The zero-order chi connectivity index (χ0) is 8.97. The summed E-state index contributed by atoms with van der Waals surface area (Å²) in [5, 5.41) is 3.18. The van der Waals surface area contributed by atoms with Gasteiger partial charge < -0.3 is 10.1 Å². The molecule has 72 valence electrons. The van der Waals surface area contributed by atoms with Crippen LogP contribution in [0.3, 0.4) is 0 Å². The Balaban J connectivity index is 2.20. The SMILES string of the molecule is CC1CNCCC1OCC(F)F. The molecule has 0 bridgehead atoms. The van der Waals surface area contributed by atoms with Crippen molar-refractivity contribution in [3.63, 3.8) is 0 Å². The molecule has 2 atom stereocenters. The van der Waals surface area contributed by atoms with Gasteiger partial charge in [-0.15, -0.1) is 0 Å². The van der Waals surface area contributed by atoms with E-state index in [1.165, 1.54) is 0 Å². The van der Waals surface area contributed by atoms with Gasteiger partial charge >= 0.3 is 0 Å². The molecular formula is C8H15F2NO. The molecule has 0 saturated carbocycles. The lowest BCUT2D eigenvalue weighted by Gasteiger charge is -2.29. The van der Waals surface area contributed by atoms with E-state index in [0.717, 1.165) is 19.5 Å². The Hall–Kier alpha value is -0.220. The van der Waals surface area contributed by atoms with Crippen LogP contribution >= 0.6 is 0 Å². The Morgan fingerprint density at radius 1 is 1.58 bits per heavy atom. The number of halogens is 2. The number of nitrogens with one attached hydrogen (secondary N) is 1. The van der Waals surface area contributed by atoms with Crippen molar-refractivity contribution >= 4 is 0 Å². The van der Waals surface area contributed by atoms with Gasteiger partial charge in [-0.05, 0) is 18.9 Å². The predicted octanol–water partition coefficient (Wildman–Crippen LogP) is 1.27. The molecule has 4 heteroatoms. The van der Waals surface area contributed by atoms with Crippen LogP contribution in [0.2, 0.25) is 0 Å². The van der Waals surface area contributed by atoms with Crippen molar-refractivity contribution in [1.29, 1.82) is 0 Å². The fourth-order valence-electron chi connectivity index (χ4n) is 1.43. The molecule has 0 spiro atoms. The van der Waals surface area contributed by atoms with E-state index in [-0.39, 0.29) is 6.10 Å². The summed E-state index contributed by atoms with van der Waals surface area (Å²) >= 11 is 0. The van der Waals surface area contributed by atoms with Crippen molar-refractivity contribution in [2.24, 2.45) is 5.92 Å². The second kappa shape index (κ2) is 4.72. The second-order valence-corrected chi connectivity index (χ2v) is 3.23. The Kier molecular flexibility index (Phi) is 3.88. The fourth-order valence-corrected chi connectivity index (χ4v) is 1.43. The summed E-state index contributed by atoms with van der Waals surface area (Å²) < 4.78 is 28.6. The van der Waals surface area contributed by atoms with Crippen LogP contribution in [-0.4, -0.2) is 32.2 Å². The predicted molar refractivity (Wildman–Crippen MR) is 42.4 cm³/mol. The molecule has 2 nitrogen and oxygen atoms in total. The van der Waals surface area contributed by atoms with E-state index in [2.05, 4.69) is 5.32 Å². The summed E-state index contributed by atoms with van der Waals surface area (Å²) in [6.07, 6.45) is -1.49. The van der Waals surface area contributed by atoms with Gasteiger partial charge in [-0.25, -0.2) is 8.78 Å². The van der Waals surface area contributed by atoms with Gasteiger partial charge in [-0.2, -0.15) is 0 Å². The van der Waals surface area contributed by atoms with Gasteiger partial charge in [-0.3, -0.25) is 0 Å². The van der Waals surface area contributed by atoms with Crippen molar-refractivity contribution in [3.05, 3.63) is 0 Å². The van der Waals surface area contributed by atoms with Crippen LogP contribution in [0.4, 0.5) is 8.78 Å². The number of hydrogen-bond acceptors (Lipinski definition) is 2. The molecule has 2 unspecified atom stereocenters. The van der Waals surface area contributed by atoms with Crippen LogP contribution in [0.5, 0.6) is 0 Å². The van der Waals surface area contributed by atoms with E-state index >= 15 is 0 Å². The Bertz CT molecular complexity index is 132. The first-order chi connectivity index (χ1) is 5.70. The molecule has 1 saturated heterocycles. The Morgan fingerprint density at radius 2 is 2.33 bits per heavy atom. The first kappa shape index (κ1) is 9.86. The maximum absolute atomic E-state index is 11.8. The third-order valence-corrected chi connectivity index (χ3v) is 2.14. The molecular weight excluding hydrogens is 164 g/mol. The lowest BCUT2D eigenvalue weighted by Crippen LogP contribution is -2.40. The maximum Gasteiger partial charge on any atom is 0.261 e.